The Labute approximate surface area is 193 Å². The fourth-order valence-corrected chi connectivity index (χ4v) is 3.98. The highest BCUT2D eigenvalue weighted by Gasteiger charge is 2.47. The van der Waals surface area contributed by atoms with Crippen LogP contribution in [-0.2, 0) is 18.9 Å². The molecule has 3 aliphatic rings. The van der Waals surface area contributed by atoms with Crippen LogP contribution in [-0.4, -0.2) is 157 Å². The summed E-state index contributed by atoms with van der Waals surface area (Å²) in [6.07, 6.45) is -18.9. The number of aliphatic hydroxyl groups is 10. The Hall–Kier alpha value is -0.860. The molecule has 34 heavy (non-hydrogen) atoms. The SMILES string of the molecule is N[C@H]1C=C(CO[C@H]2O[C@H](CO[C@H]3O[C@H](CO)[C@@H](O)[C@H](O)[C@H]3O)[C@@H](O)[C@H](O)[C@H]2O)[C@@H](O)[C@H](O)[C@H]1O. The lowest BCUT2D eigenvalue weighted by atomic mass is 9.89. The van der Waals surface area contributed by atoms with Gasteiger partial charge >= 0.3 is 0 Å². The molecule has 0 spiro atoms. The molecule has 0 aromatic rings. The van der Waals surface area contributed by atoms with Crippen LogP contribution in [0.1, 0.15) is 0 Å². The van der Waals surface area contributed by atoms with Crippen LogP contribution in [0.15, 0.2) is 11.6 Å². The molecule has 198 valence electrons. The van der Waals surface area contributed by atoms with Crippen molar-refractivity contribution in [1.29, 1.82) is 0 Å². The molecule has 2 fully saturated rings. The van der Waals surface area contributed by atoms with Crippen molar-refractivity contribution in [3.8, 4) is 0 Å². The summed E-state index contributed by atoms with van der Waals surface area (Å²) in [4.78, 5) is 0. The molecule has 2 saturated heterocycles. The summed E-state index contributed by atoms with van der Waals surface area (Å²) in [7, 11) is 0. The van der Waals surface area contributed by atoms with Gasteiger partial charge in [-0.25, -0.2) is 0 Å². The first-order chi connectivity index (χ1) is 16.0. The van der Waals surface area contributed by atoms with Crippen LogP contribution >= 0.6 is 0 Å². The van der Waals surface area contributed by atoms with Crippen molar-refractivity contribution < 1.29 is 70.0 Å². The predicted octanol–water partition coefficient (Wildman–Crippen LogP) is -7.02. The molecule has 0 amide bonds. The maximum atomic E-state index is 10.2. The molecule has 14 atom stereocenters. The summed E-state index contributed by atoms with van der Waals surface area (Å²) in [5.41, 5.74) is 5.77. The van der Waals surface area contributed by atoms with E-state index in [9.17, 15) is 51.1 Å². The van der Waals surface area contributed by atoms with E-state index < -0.39 is 106 Å². The van der Waals surface area contributed by atoms with Gasteiger partial charge in [0.25, 0.3) is 0 Å². The molecule has 0 aromatic heterocycles. The Balaban J connectivity index is 1.61. The Morgan fingerprint density at radius 3 is 1.79 bits per heavy atom. The number of nitrogens with two attached hydrogens (primary N) is 1. The van der Waals surface area contributed by atoms with Gasteiger partial charge in [0.05, 0.1) is 25.9 Å². The van der Waals surface area contributed by atoms with E-state index in [0.717, 1.165) is 0 Å². The third kappa shape index (κ3) is 5.59. The van der Waals surface area contributed by atoms with Gasteiger partial charge in [-0.1, -0.05) is 6.08 Å². The lowest BCUT2D eigenvalue weighted by molar-refractivity contribution is -0.330. The number of hydrogen-bond donors (Lipinski definition) is 11. The maximum Gasteiger partial charge on any atom is 0.187 e. The minimum atomic E-state index is -1.75. The van der Waals surface area contributed by atoms with Gasteiger partial charge in [0.1, 0.15) is 67.1 Å². The Morgan fingerprint density at radius 1 is 0.676 bits per heavy atom. The van der Waals surface area contributed by atoms with E-state index >= 15 is 0 Å². The second-order valence-corrected chi connectivity index (χ2v) is 8.60. The molecule has 12 N–H and O–H groups in total. The predicted molar refractivity (Wildman–Crippen MR) is 106 cm³/mol. The minimum absolute atomic E-state index is 0.0934. The maximum absolute atomic E-state index is 10.2. The topological polar surface area (TPSA) is 265 Å². The highest BCUT2D eigenvalue weighted by atomic mass is 16.7. The molecule has 2 heterocycles. The fraction of sp³-hybridized carbons (Fsp3) is 0.895. The summed E-state index contributed by atoms with van der Waals surface area (Å²) in [6.45, 7) is -1.62. The van der Waals surface area contributed by atoms with E-state index in [0.29, 0.717) is 0 Å². The molecule has 0 saturated carbocycles. The third-order valence-corrected chi connectivity index (χ3v) is 6.21. The van der Waals surface area contributed by atoms with E-state index in [4.69, 9.17) is 24.7 Å². The number of ether oxygens (including phenoxy) is 4. The largest absolute Gasteiger partial charge is 0.394 e. The molecule has 15 nitrogen and oxygen atoms in total. The first-order valence-electron chi connectivity index (χ1n) is 10.7. The summed E-state index contributed by atoms with van der Waals surface area (Å²) >= 11 is 0. The second-order valence-electron chi connectivity index (χ2n) is 8.60. The standard InChI is InChI=1S/C19H33NO14/c20-6-1-5(9(22)13(26)10(6)23)3-31-18-17(30)15(28)12(25)8(34-18)4-32-19-16(29)14(27)11(24)7(2-21)33-19/h1,6-19,21-30H,2-4,20H2/t6-,7+,8+,9+,10-,11+,12+,13-,14-,15-,16+,17+,18-,19-/m0/s1. The van der Waals surface area contributed by atoms with Gasteiger partial charge < -0.3 is 75.7 Å². The van der Waals surface area contributed by atoms with Gasteiger partial charge in [-0.05, 0) is 5.57 Å². The minimum Gasteiger partial charge on any atom is -0.394 e. The molecule has 0 radical (unpaired) electrons. The lowest BCUT2D eigenvalue weighted by Gasteiger charge is -2.43. The summed E-state index contributed by atoms with van der Waals surface area (Å²) in [5.74, 6) is 0. The van der Waals surface area contributed by atoms with Crippen molar-refractivity contribution in [3.63, 3.8) is 0 Å². The zero-order chi connectivity index (χ0) is 25.3. The van der Waals surface area contributed by atoms with Crippen LogP contribution < -0.4 is 5.73 Å². The Morgan fingerprint density at radius 2 is 1.21 bits per heavy atom. The third-order valence-electron chi connectivity index (χ3n) is 6.21. The summed E-state index contributed by atoms with van der Waals surface area (Å²) in [5, 5.41) is 99.2. The van der Waals surface area contributed by atoms with Crippen LogP contribution in [0.25, 0.3) is 0 Å². The van der Waals surface area contributed by atoms with Crippen LogP contribution in [0.2, 0.25) is 0 Å². The monoisotopic (exact) mass is 499 g/mol. The van der Waals surface area contributed by atoms with Crippen molar-refractivity contribution in [2.45, 2.75) is 85.8 Å². The summed E-state index contributed by atoms with van der Waals surface area (Å²) < 4.78 is 21.4. The summed E-state index contributed by atoms with van der Waals surface area (Å²) in [6, 6.07) is -0.985. The molecular weight excluding hydrogens is 466 g/mol. The highest BCUT2D eigenvalue weighted by molar-refractivity contribution is 5.21. The van der Waals surface area contributed by atoms with Crippen molar-refractivity contribution in [1.82, 2.24) is 0 Å². The van der Waals surface area contributed by atoms with Gasteiger partial charge in [-0.2, -0.15) is 0 Å². The van der Waals surface area contributed by atoms with Gasteiger partial charge in [0.15, 0.2) is 12.6 Å². The average molecular weight is 499 g/mol. The Kier molecular flexibility index (Phi) is 9.35. The quantitative estimate of drug-likeness (QED) is 0.145. The van der Waals surface area contributed by atoms with E-state index in [1.54, 1.807) is 0 Å². The highest BCUT2D eigenvalue weighted by Crippen LogP contribution is 2.27. The van der Waals surface area contributed by atoms with Crippen molar-refractivity contribution in [2.24, 2.45) is 5.73 Å². The zero-order valence-electron chi connectivity index (χ0n) is 18.0. The number of rotatable bonds is 7. The molecule has 15 heteroatoms. The first kappa shape index (κ1) is 27.7. The van der Waals surface area contributed by atoms with Crippen LogP contribution in [0.4, 0.5) is 0 Å². The van der Waals surface area contributed by atoms with Crippen molar-refractivity contribution in [3.05, 3.63) is 11.6 Å². The normalized spacial score (nSPS) is 50.1. The molecule has 1 aliphatic carbocycles. The second kappa shape index (κ2) is 11.5. The first-order valence-corrected chi connectivity index (χ1v) is 10.7. The zero-order valence-corrected chi connectivity index (χ0v) is 18.0. The average Bonchev–Trinajstić information content (AvgIpc) is 2.82. The van der Waals surface area contributed by atoms with Crippen LogP contribution in [0, 0.1) is 0 Å². The smallest absolute Gasteiger partial charge is 0.187 e. The van der Waals surface area contributed by atoms with Crippen LogP contribution in [0.3, 0.4) is 0 Å². The van der Waals surface area contributed by atoms with E-state index in [1.807, 2.05) is 0 Å². The number of aliphatic hydroxyl groups excluding tert-OH is 10. The van der Waals surface area contributed by atoms with E-state index in [1.165, 1.54) is 6.08 Å². The molecule has 0 unspecified atom stereocenters. The fourth-order valence-electron chi connectivity index (χ4n) is 3.98. The van der Waals surface area contributed by atoms with Gasteiger partial charge in [-0.15, -0.1) is 0 Å². The molecular formula is C19H33NO14. The molecule has 3 rings (SSSR count). The van der Waals surface area contributed by atoms with Gasteiger partial charge in [0.2, 0.25) is 0 Å². The lowest BCUT2D eigenvalue weighted by Crippen LogP contribution is -2.61. The van der Waals surface area contributed by atoms with Gasteiger partial charge in [0, 0.05) is 0 Å². The van der Waals surface area contributed by atoms with Crippen molar-refractivity contribution >= 4 is 0 Å². The van der Waals surface area contributed by atoms with Crippen molar-refractivity contribution in [2.75, 3.05) is 19.8 Å². The molecule has 2 aliphatic heterocycles. The Bertz CT molecular complexity index is 696. The van der Waals surface area contributed by atoms with Crippen LogP contribution in [0.5, 0.6) is 0 Å². The number of hydrogen-bond acceptors (Lipinski definition) is 15. The molecule has 0 aromatic carbocycles. The van der Waals surface area contributed by atoms with E-state index in [2.05, 4.69) is 0 Å². The molecule has 0 bridgehead atoms. The van der Waals surface area contributed by atoms with Gasteiger partial charge in [-0.3, -0.25) is 0 Å². The van der Waals surface area contributed by atoms with E-state index in [-0.39, 0.29) is 5.57 Å².